The maximum absolute atomic E-state index is 13.8. The van der Waals surface area contributed by atoms with Crippen molar-refractivity contribution in [1.29, 1.82) is 0 Å². The third-order valence-electron chi connectivity index (χ3n) is 7.37. The Bertz CT molecular complexity index is 1450. The van der Waals surface area contributed by atoms with Gasteiger partial charge in [0, 0.05) is 31.1 Å². The van der Waals surface area contributed by atoms with Gasteiger partial charge in [-0.2, -0.15) is 13.2 Å². The van der Waals surface area contributed by atoms with Crippen molar-refractivity contribution in [3.63, 3.8) is 0 Å². The fourth-order valence-corrected chi connectivity index (χ4v) is 5.26. The largest absolute Gasteiger partial charge is 0.418 e. The molecule has 1 aliphatic heterocycles. The maximum atomic E-state index is 13.8. The molecular weight excluding hydrogens is 482 g/mol. The highest BCUT2D eigenvalue weighted by atomic mass is 19.4. The molecule has 4 nitrogen and oxygen atoms in total. The molecule has 0 bridgehead atoms. The summed E-state index contributed by atoms with van der Waals surface area (Å²) in [4.78, 5) is 19.0. The molecule has 3 aromatic carbocycles. The van der Waals surface area contributed by atoms with Crippen molar-refractivity contribution in [3.8, 4) is 22.5 Å². The highest BCUT2D eigenvalue weighted by molar-refractivity contribution is 5.84. The number of fused-ring (bicyclic) bond motifs is 1. The number of nitrogens with zero attached hydrogens (tertiary/aromatic N) is 3. The summed E-state index contributed by atoms with van der Waals surface area (Å²) in [6.07, 6.45) is -1.82. The zero-order valence-electron chi connectivity index (χ0n) is 20.0. The molecule has 2 aliphatic rings. The standard InChI is InChI=1S/C29H25F4N3O/c30-23-12-10-20(11-13-23)19-4-6-21(7-5-19)27-34-26-24(29(31,32)33)2-1-3-25(26)36(27)17-18-14-15-35(16-18)28(37)22-8-9-22/h1-7,10-13,18,22H,8-9,14-17H2. The Morgan fingerprint density at radius 1 is 0.892 bits per heavy atom. The number of likely N-dealkylation sites (tertiary alicyclic amines) is 1. The van der Waals surface area contributed by atoms with Crippen LogP contribution in [-0.4, -0.2) is 33.4 Å². The van der Waals surface area contributed by atoms with E-state index in [1.54, 1.807) is 18.2 Å². The van der Waals surface area contributed by atoms with Crippen molar-refractivity contribution in [2.45, 2.75) is 32.0 Å². The first-order valence-corrected chi connectivity index (χ1v) is 12.5. The van der Waals surface area contributed by atoms with Crippen LogP contribution in [-0.2, 0) is 17.5 Å². The van der Waals surface area contributed by atoms with E-state index in [4.69, 9.17) is 0 Å². The second kappa shape index (κ2) is 9.01. The first kappa shape index (κ1) is 23.7. The van der Waals surface area contributed by atoms with E-state index < -0.39 is 11.7 Å². The van der Waals surface area contributed by atoms with Crippen molar-refractivity contribution in [1.82, 2.24) is 14.5 Å². The summed E-state index contributed by atoms with van der Waals surface area (Å²) < 4.78 is 56.7. The summed E-state index contributed by atoms with van der Waals surface area (Å²) in [6.45, 7) is 1.76. The lowest BCUT2D eigenvalue weighted by molar-refractivity contribution is -0.136. The molecule has 37 heavy (non-hydrogen) atoms. The van der Waals surface area contributed by atoms with Crippen LogP contribution in [0.25, 0.3) is 33.5 Å². The Labute approximate surface area is 211 Å². The number of aromatic nitrogens is 2. The maximum Gasteiger partial charge on any atom is 0.418 e. The molecule has 0 radical (unpaired) electrons. The number of amides is 1. The minimum absolute atomic E-state index is 0.0727. The Balaban J connectivity index is 1.37. The van der Waals surface area contributed by atoms with Crippen LogP contribution < -0.4 is 0 Å². The number of carbonyl (C=O) groups is 1. The van der Waals surface area contributed by atoms with Gasteiger partial charge in [0.05, 0.1) is 11.1 Å². The van der Waals surface area contributed by atoms with Crippen LogP contribution in [0.2, 0.25) is 0 Å². The van der Waals surface area contributed by atoms with E-state index >= 15 is 0 Å². The van der Waals surface area contributed by atoms with Gasteiger partial charge in [-0.05, 0) is 60.6 Å². The van der Waals surface area contributed by atoms with Crippen molar-refractivity contribution in [2.75, 3.05) is 13.1 Å². The highest BCUT2D eigenvalue weighted by Crippen LogP contribution is 2.38. The number of alkyl halides is 3. The summed E-state index contributed by atoms with van der Waals surface area (Å²) >= 11 is 0. The van der Waals surface area contributed by atoms with E-state index in [1.165, 1.54) is 18.2 Å². The van der Waals surface area contributed by atoms with E-state index in [1.807, 2.05) is 33.7 Å². The summed E-state index contributed by atoms with van der Waals surface area (Å²) in [5, 5.41) is 0. The Kier molecular flexibility index (Phi) is 5.77. The molecule has 1 saturated carbocycles. The van der Waals surface area contributed by atoms with Crippen LogP contribution in [0.1, 0.15) is 24.8 Å². The molecule has 1 aromatic heterocycles. The molecule has 1 unspecified atom stereocenters. The van der Waals surface area contributed by atoms with Gasteiger partial charge >= 0.3 is 6.18 Å². The van der Waals surface area contributed by atoms with Crippen LogP contribution in [0.15, 0.2) is 66.7 Å². The number of imidazole rings is 1. The average Bonchev–Trinajstić information content (AvgIpc) is 3.53. The second-order valence-corrected chi connectivity index (χ2v) is 10.0. The normalized spacial score (nSPS) is 18.1. The van der Waals surface area contributed by atoms with E-state index in [0.717, 1.165) is 36.5 Å². The summed E-state index contributed by atoms with van der Waals surface area (Å²) in [5.74, 6) is 0.626. The van der Waals surface area contributed by atoms with E-state index in [9.17, 15) is 22.4 Å². The average molecular weight is 508 g/mol. The number of hydrogen-bond donors (Lipinski definition) is 0. The van der Waals surface area contributed by atoms with E-state index in [2.05, 4.69) is 4.98 Å². The summed E-state index contributed by atoms with van der Waals surface area (Å²) in [5.41, 5.74) is 2.00. The van der Waals surface area contributed by atoms with Crippen molar-refractivity contribution in [3.05, 3.63) is 78.1 Å². The van der Waals surface area contributed by atoms with Gasteiger partial charge in [0.25, 0.3) is 0 Å². The van der Waals surface area contributed by atoms with Crippen molar-refractivity contribution < 1.29 is 22.4 Å². The van der Waals surface area contributed by atoms with Gasteiger partial charge in [0.15, 0.2) is 0 Å². The van der Waals surface area contributed by atoms with Gasteiger partial charge in [0.1, 0.15) is 17.2 Å². The van der Waals surface area contributed by atoms with Gasteiger partial charge in [-0.15, -0.1) is 0 Å². The van der Waals surface area contributed by atoms with Crippen molar-refractivity contribution in [2.24, 2.45) is 11.8 Å². The number of halogens is 4. The molecule has 190 valence electrons. The smallest absolute Gasteiger partial charge is 0.342 e. The van der Waals surface area contributed by atoms with Gasteiger partial charge in [-0.1, -0.05) is 42.5 Å². The minimum Gasteiger partial charge on any atom is -0.342 e. The summed E-state index contributed by atoms with van der Waals surface area (Å²) in [7, 11) is 0. The number of carbonyl (C=O) groups excluding carboxylic acids is 1. The predicted octanol–water partition coefficient (Wildman–Crippen LogP) is 6.79. The Morgan fingerprint density at radius 3 is 2.19 bits per heavy atom. The quantitative estimate of drug-likeness (QED) is 0.279. The van der Waals surface area contributed by atoms with Gasteiger partial charge in [-0.25, -0.2) is 9.37 Å². The van der Waals surface area contributed by atoms with Gasteiger partial charge in [-0.3, -0.25) is 4.79 Å². The monoisotopic (exact) mass is 507 g/mol. The van der Waals surface area contributed by atoms with Crippen LogP contribution >= 0.6 is 0 Å². The fourth-order valence-electron chi connectivity index (χ4n) is 5.26. The molecule has 1 saturated heterocycles. The first-order chi connectivity index (χ1) is 17.8. The lowest BCUT2D eigenvalue weighted by atomic mass is 10.0. The number of benzene rings is 3. The predicted molar refractivity (Wildman–Crippen MR) is 133 cm³/mol. The minimum atomic E-state index is -4.52. The number of hydrogen-bond acceptors (Lipinski definition) is 2. The SMILES string of the molecule is O=C(C1CC1)N1CCC(Cn2c(-c3ccc(-c4ccc(F)cc4)cc3)nc3c(C(F)(F)F)cccc32)C1. The second-order valence-electron chi connectivity index (χ2n) is 10.0. The molecule has 1 amide bonds. The third kappa shape index (κ3) is 4.61. The van der Waals surface area contributed by atoms with Crippen LogP contribution in [0.5, 0.6) is 0 Å². The topological polar surface area (TPSA) is 38.1 Å². The third-order valence-corrected chi connectivity index (χ3v) is 7.37. The summed E-state index contributed by atoms with van der Waals surface area (Å²) in [6, 6.07) is 17.7. The van der Waals surface area contributed by atoms with Gasteiger partial charge in [0.2, 0.25) is 5.91 Å². The zero-order valence-corrected chi connectivity index (χ0v) is 20.0. The number of rotatable bonds is 5. The molecule has 2 fully saturated rings. The highest BCUT2D eigenvalue weighted by Gasteiger charge is 2.38. The Hall–Kier alpha value is -3.68. The van der Waals surface area contributed by atoms with Gasteiger partial charge < -0.3 is 9.47 Å². The lowest BCUT2D eigenvalue weighted by Crippen LogP contribution is -2.30. The lowest BCUT2D eigenvalue weighted by Gasteiger charge is -2.18. The molecule has 2 heterocycles. The van der Waals surface area contributed by atoms with Crippen LogP contribution in [0.3, 0.4) is 0 Å². The molecule has 6 rings (SSSR count). The fraction of sp³-hybridized carbons (Fsp3) is 0.310. The molecule has 1 atom stereocenters. The molecule has 4 aromatic rings. The number of para-hydroxylation sites is 1. The zero-order chi connectivity index (χ0) is 25.7. The molecule has 0 N–H and O–H groups in total. The molecule has 8 heteroatoms. The van der Waals surface area contributed by atoms with E-state index in [-0.39, 0.29) is 29.1 Å². The molecular formula is C29H25F4N3O. The van der Waals surface area contributed by atoms with Crippen LogP contribution in [0.4, 0.5) is 17.6 Å². The first-order valence-electron chi connectivity index (χ1n) is 12.5. The molecule has 1 aliphatic carbocycles. The van der Waals surface area contributed by atoms with Crippen LogP contribution in [0, 0.1) is 17.7 Å². The van der Waals surface area contributed by atoms with E-state index in [0.29, 0.717) is 36.5 Å². The Morgan fingerprint density at radius 2 is 1.54 bits per heavy atom. The molecule has 0 spiro atoms. The van der Waals surface area contributed by atoms with Crippen molar-refractivity contribution >= 4 is 16.9 Å².